The van der Waals surface area contributed by atoms with Gasteiger partial charge in [0.1, 0.15) is 5.82 Å². The molecule has 1 atom stereocenters. The Bertz CT molecular complexity index is 870. The maximum Gasteiger partial charge on any atom is 0.226 e. The first kappa shape index (κ1) is 21.6. The Labute approximate surface area is 193 Å². The lowest BCUT2D eigenvalue weighted by atomic mass is 9.53. The van der Waals surface area contributed by atoms with Crippen LogP contribution in [0, 0.1) is 23.6 Å². The largest absolute Gasteiger partial charge is 0.345 e. The van der Waals surface area contributed by atoms with Crippen LogP contribution in [-0.4, -0.2) is 39.4 Å². The average Bonchev–Trinajstić information content (AvgIpc) is 3.05. The number of carbonyl (C=O) groups excluding carboxylic acids is 1. The van der Waals surface area contributed by atoms with E-state index in [0.29, 0.717) is 11.4 Å². The van der Waals surface area contributed by atoms with Crippen LogP contribution in [0.25, 0.3) is 0 Å². The minimum atomic E-state index is -0.469. The standard InChI is InChI=1S/C24H31ClFN3OS/c1-14(2)29-19(9-22(30)27-21-8-18(25)3-4-20(21)26)13-31-23(29)28-24-10-15-5-16(11-24)7-17(6-15)12-24/h3-4,8,14-17,19H,5-7,9-13H2,1-2H3,(H,27,30). The number of rotatable bonds is 5. The highest BCUT2D eigenvalue weighted by Crippen LogP contribution is 2.57. The SMILES string of the molecule is CC(C)N1C(=NC23CC4CC(CC(C4)C2)C3)SCC1CC(=O)Nc1cc(Cl)ccc1F. The highest BCUT2D eigenvalue weighted by Gasteiger charge is 2.51. The number of nitrogens with one attached hydrogen (secondary N) is 1. The Hall–Kier alpha value is -1.27. The second-order valence-electron chi connectivity index (χ2n) is 10.4. The summed E-state index contributed by atoms with van der Waals surface area (Å²) in [5, 5.41) is 4.22. The number of hydrogen-bond donors (Lipinski definition) is 1. The van der Waals surface area contributed by atoms with E-state index in [1.54, 1.807) is 11.8 Å². The van der Waals surface area contributed by atoms with Gasteiger partial charge in [0.05, 0.1) is 11.2 Å². The molecule has 5 aliphatic rings. The van der Waals surface area contributed by atoms with Crippen molar-refractivity contribution in [3.8, 4) is 0 Å². The van der Waals surface area contributed by atoms with Crippen LogP contribution in [-0.2, 0) is 4.79 Å². The predicted molar refractivity (Wildman–Crippen MR) is 126 cm³/mol. The first-order chi connectivity index (χ1) is 14.8. The van der Waals surface area contributed by atoms with E-state index in [1.807, 2.05) is 0 Å². The second-order valence-corrected chi connectivity index (χ2v) is 11.8. The van der Waals surface area contributed by atoms with Gasteiger partial charge >= 0.3 is 0 Å². The first-order valence-corrected chi connectivity index (χ1v) is 12.9. The molecule has 7 heteroatoms. The second kappa shape index (κ2) is 8.26. The highest BCUT2D eigenvalue weighted by molar-refractivity contribution is 8.14. The van der Waals surface area contributed by atoms with E-state index >= 15 is 0 Å². The van der Waals surface area contributed by atoms with Crippen LogP contribution in [0.15, 0.2) is 23.2 Å². The number of halogens is 2. The Morgan fingerprint density at radius 3 is 2.52 bits per heavy atom. The lowest BCUT2D eigenvalue weighted by Gasteiger charge is -2.55. The molecule has 0 radical (unpaired) electrons. The van der Waals surface area contributed by atoms with Crippen molar-refractivity contribution in [1.29, 1.82) is 0 Å². The van der Waals surface area contributed by atoms with Crippen LogP contribution in [0.3, 0.4) is 0 Å². The van der Waals surface area contributed by atoms with Crippen LogP contribution >= 0.6 is 23.4 Å². The van der Waals surface area contributed by atoms with Gasteiger partial charge in [-0.05, 0) is 88.3 Å². The fourth-order valence-electron chi connectivity index (χ4n) is 6.78. The summed E-state index contributed by atoms with van der Waals surface area (Å²) in [4.78, 5) is 20.5. The number of thioether (sulfide) groups is 1. The van der Waals surface area contributed by atoms with E-state index in [0.717, 1.165) is 28.7 Å². The van der Waals surface area contributed by atoms with Gasteiger partial charge in [-0.1, -0.05) is 23.4 Å². The Kier molecular flexibility index (Phi) is 5.74. The van der Waals surface area contributed by atoms with Crippen molar-refractivity contribution in [1.82, 2.24) is 4.90 Å². The predicted octanol–water partition coefficient (Wildman–Crippen LogP) is 5.96. The molecule has 0 spiro atoms. The van der Waals surface area contributed by atoms with Crippen molar-refractivity contribution in [3.05, 3.63) is 29.0 Å². The molecule has 31 heavy (non-hydrogen) atoms. The number of amides is 1. The van der Waals surface area contributed by atoms with Gasteiger partial charge in [-0.3, -0.25) is 9.79 Å². The van der Waals surface area contributed by atoms with Crippen LogP contribution < -0.4 is 5.32 Å². The van der Waals surface area contributed by atoms with Crippen molar-refractivity contribution in [2.24, 2.45) is 22.7 Å². The summed E-state index contributed by atoms with van der Waals surface area (Å²) in [6.45, 7) is 4.34. The molecule has 4 bridgehead atoms. The molecule has 168 valence electrons. The number of aliphatic imine (C=N–C) groups is 1. The molecule has 5 fully saturated rings. The molecule has 4 nitrogen and oxygen atoms in total. The minimum Gasteiger partial charge on any atom is -0.345 e. The van der Waals surface area contributed by atoms with Crippen molar-refractivity contribution in [2.45, 2.75) is 76.4 Å². The third-order valence-corrected chi connectivity index (χ3v) is 8.88. The number of carbonyl (C=O) groups is 1. The molecule has 1 aromatic rings. The Morgan fingerprint density at radius 2 is 1.90 bits per heavy atom. The number of anilines is 1. The molecule has 1 saturated heterocycles. The summed E-state index contributed by atoms with van der Waals surface area (Å²) in [6.07, 6.45) is 8.28. The van der Waals surface area contributed by atoms with Gasteiger partial charge in [-0.15, -0.1) is 0 Å². The smallest absolute Gasteiger partial charge is 0.226 e. The van der Waals surface area contributed by atoms with Crippen LogP contribution in [0.2, 0.25) is 5.02 Å². The zero-order valence-electron chi connectivity index (χ0n) is 18.2. The molecule has 6 rings (SSSR count). The summed E-state index contributed by atoms with van der Waals surface area (Å²) in [7, 11) is 0. The molecule has 0 aromatic heterocycles. The normalized spacial score (nSPS) is 35.4. The molecule has 1 aromatic carbocycles. The molecular formula is C24H31ClFN3OS. The lowest BCUT2D eigenvalue weighted by molar-refractivity contribution is -0.117. The van der Waals surface area contributed by atoms with E-state index in [4.69, 9.17) is 16.6 Å². The third kappa shape index (κ3) is 4.35. The molecule has 1 N–H and O–H groups in total. The number of amidine groups is 1. The summed E-state index contributed by atoms with van der Waals surface area (Å²) in [5.74, 6) is 2.78. The maximum atomic E-state index is 14.0. The summed E-state index contributed by atoms with van der Waals surface area (Å²) >= 11 is 7.75. The van der Waals surface area contributed by atoms with Crippen molar-refractivity contribution in [3.63, 3.8) is 0 Å². The van der Waals surface area contributed by atoms with Gasteiger partial charge < -0.3 is 10.2 Å². The van der Waals surface area contributed by atoms with Gasteiger partial charge in [0.25, 0.3) is 0 Å². The van der Waals surface area contributed by atoms with E-state index < -0.39 is 5.82 Å². The summed E-state index contributed by atoms with van der Waals surface area (Å²) < 4.78 is 14.0. The molecular weight excluding hydrogens is 433 g/mol. The van der Waals surface area contributed by atoms with Gasteiger partial charge in [-0.2, -0.15) is 0 Å². The van der Waals surface area contributed by atoms with Gasteiger partial charge in [0.15, 0.2) is 5.17 Å². The van der Waals surface area contributed by atoms with Crippen LogP contribution in [0.4, 0.5) is 10.1 Å². The average molecular weight is 464 g/mol. The molecule has 1 unspecified atom stereocenters. The van der Waals surface area contributed by atoms with E-state index in [-0.39, 0.29) is 29.2 Å². The first-order valence-electron chi connectivity index (χ1n) is 11.6. The molecule has 4 aliphatic carbocycles. The maximum absolute atomic E-state index is 14.0. The van der Waals surface area contributed by atoms with Crippen LogP contribution in [0.5, 0.6) is 0 Å². The van der Waals surface area contributed by atoms with Gasteiger partial charge in [-0.25, -0.2) is 4.39 Å². The molecule has 1 aliphatic heterocycles. The van der Waals surface area contributed by atoms with Crippen LogP contribution in [0.1, 0.15) is 58.8 Å². The zero-order valence-corrected chi connectivity index (χ0v) is 19.8. The number of nitrogens with zero attached hydrogens (tertiary/aromatic N) is 2. The Morgan fingerprint density at radius 1 is 1.26 bits per heavy atom. The molecule has 1 heterocycles. The van der Waals surface area contributed by atoms with E-state index in [1.165, 1.54) is 56.7 Å². The minimum absolute atomic E-state index is 0.0694. The number of benzene rings is 1. The quantitative estimate of drug-likeness (QED) is 0.586. The highest BCUT2D eigenvalue weighted by atomic mass is 35.5. The fourth-order valence-corrected chi connectivity index (χ4v) is 8.34. The van der Waals surface area contributed by atoms with E-state index in [9.17, 15) is 9.18 Å². The van der Waals surface area contributed by atoms with Crippen molar-refractivity contribution in [2.75, 3.05) is 11.1 Å². The third-order valence-electron chi connectivity index (χ3n) is 7.54. The number of hydrogen-bond acceptors (Lipinski definition) is 3. The van der Waals surface area contributed by atoms with Gasteiger partial charge in [0.2, 0.25) is 5.91 Å². The zero-order chi connectivity index (χ0) is 21.8. The topological polar surface area (TPSA) is 44.7 Å². The van der Waals surface area contributed by atoms with E-state index in [2.05, 4.69) is 24.1 Å². The molecule has 4 saturated carbocycles. The van der Waals surface area contributed by atoms with Crippen molar-refractivity contribution < 1.29 is 9.18 Å². The monoisotopic (exact) mass is 463 g/mol. The molecule has 1 amide bonds. The summed E-state index contributed by atoms with van der Waals surface area (Å²) in [5.41, 5.74) is 0.271. The van der Waals surface area contributed by atoms with Crippen molar-refractivity contribution >= 4 is 40.1 Å². The Balaban J connectivity index is 1.30. The summed E-state index contributed by atoms with van der Waals surface area (Å²) in [6, 6.07) is 4.55. The lowest BCUT2D eigenvalue weighted by Crippen LogP contribution is -2.50. The fraction of sp³-hybridized carbons (Fsp3) is 0.667. The van der Waals surface area contributed by atoms with Gasteiger partial charge in [0, 0.05) is 29.3 Å².